The number of hydrogen-bond donors (Lipinski definition) is 3. The highest BCUT2D eigenvalue weighted by atomic mass is 35.5. The van der Waals surface area contributed by atoms with Crippen LogP contribution in [-0.2, 0) is 9.59 Å². The largest absolute Gasteiger partial charge is 0.395 e. The first-order chi connectivity index (χ1) is 10.5. The van der Waals surface area contributed by atoms with E-state index in [9.17, 15) is 9.59 Å². The fourth-order valence-electron chi connectivity index (χ4n) is 2.43. The van der Waals surface area contributed by atoms with Crippen molar-refractivity contribution in [2.24, 2.45) is 0 Å². The van der Waals surface area contributed by atoms with E-state index in [0.717, 1.165) is 0 Å². The monoisotopic (exact) mass is 346 g/mol. The smallest absolute Gasteiger partial charge is 0.281 e. The van der Waals surface area contributed by atoms with Crippen molar-refractivity contribution in [2.45, 2.75) is 12.5 Å². The van der Waals surface area contributed by atoms with Crippen molar-refractivity contribution >= 4 is 40.7 Å². The van der Waals surface area contributed by atoms with Crippen molar-refractivity contribution in [1.29, 1.82) is 0 Å². The Morgan fingerprint density at radius 3 is 2.68 bits per heavy atom. The molecule has 0 aliphatic carbocycles. The molecule has 1 aliphatic rings. The highest BCUT2D eigenvalue weighted by Gasteiger charge is 2.33. The van der Waals surface area contributed by atoms with Crippen molar-refractivity contribution in [1.82, 2.24) is 4.90 Å². The summed E-state index contributed by atoms with van der Waals surface area (Å²) in [6.45, 7) is 1.52. The third-order valence-electron chi connectivity index (χ3n) is 3.40. The van der Waals surface area contributed by atoms with Gasteiger partial charge in [-0.05, 0) is 18.2 Å². The topological polar surface area (TPSA) is 86.2 Å². The van der Waals surface area contributed by atoms with Gasteiger partial charge in [-0.2, -0.15) is 0 Å². The standard InChI is InChI=1S/C14H17Cl2N3O3/c15-9-5-10(16)7-11(6-9)18-13(21)8-12-14(22)19(3-4-20)2-1-17-12/h5-7,12,17,20H,1-4,8H2,(H,18,21)/p+1/t12-/m0/s1. The summed E-state index contributed by atoms with van der Waals surface area (Å²) in [7, 11) is 0. The second kappa shape index (κ2) is 7.78. The van der Waals surface area contributed by atoms with Crippen molar-refractivity contribution in [3.63, 3.8) is 0 Å². The van der Waals surface area contributed by atoms with Crippen molar-refractivity contribution < 1.29 is 20.0 Å². The number of rotatable bonds is 5. The second-order valence-electron chi connectivity index (χ2n) is 5.09. The lowest BCUT2D eigenvalue weighted by molar-refractivity contribution is -0.681. The SMILES string of the molecule is O=C(C[C@@H]1[NH2+]CCN(CCO)C1=O)Nc1cc(Cl)cc(Cl)c1. The van der Waals surface area contributed by atoms with E-state index in [1.165, 1.54) is 0 Å². The minimum absolute atomic E-state index is 0.0604. The zero-order valence-corrected chi connectivity index (χ0v) is 13.4. The highest BCUT2D eigenvalue weighted by Crippen LogP contribution is 2.22. The maximum atomic E-state index is 12.2. The minimum atomic E-state index is -0.463. The van der Waals surface area contributed by atoms with Gasteiger partial charge in [0.25, 0.3) is 5.91 Å². The summed E-state index contributed by atoms with van der Waals surface area (Å²) in [6, 6.07) is 4.30. The molecule has 1 fully saturated rings. The Hall–Kier alpha value is -1.34. The lowest BCUT2D eigenvalue weighted by Gasteiger charge is -2.29. The van der Waals surface area contributed by atoms with Crippen LogP contribution in [0.3, 0.4) is 0 Å². The van der Waals surface area contributed by atoms with Crippen LogP contribution in [0.1, 0.15) is 6.42 Å². The van der Waals surface area contributed by atoms with Gasteiger partial charge >= 0.3 is 0 Å². The van der Waals surface area contributed by atoms with Crippen LogP contribution in [0.5, 0.6) is 0 Å². The zero-order chi connectivity index (χ0) is 16.1. The van der Waals surface area contributed by atoms with Gasteiger partial charge in [0.05, 0.1) is 26.1 Å². The quantitative estimate of drug-likeness (QED) is 0.706. The summed E-state index contributed by atoms with van der Waals surface area (Å²) < 4.78 is 0. The number of anilines is 1. The summed E-state index contributed by atoms with van der Waals surface area (Å²) in [5, 5.41) is 14.3. The number of halogens is 2. The van der Waals surface area contributed by atoms with Crippen LogP contribution in [0, 0.1) is 0 Å². The molecular formula is C14H18Cl2N3O3+. The Balaban J connectivity index is 1.95. The third-order valence-corrected chi connectivity index (χ3v) is 3.84. The number of quaternary nitrogens is 1. The van der Waals surface area contributed by atoms with E-state index >= 15 is 0 Å². The molecule has 1 atom stereocenters. The molecule has 6 nitrogen and oxygen atoms in total. The molecule has 0 unspecified atom stereocenters. The minimum Gasteiger partial charge on any atom is -0.395 e. The number of nitrogens with one attached hydrogen (secondary N) is 1. The lowest BCUT2D eigenvalue weighted by atomic mass is 10.1. The van der Waals surface area contributed by atoms with E-state index in [0.29, 0.717) is 35.4 Å². The van der Waals surface area contributed by atoms with Crippen LogP contribution >= 0.6 is 23.2 Å². The number of piperazine rings is 1. The number of benzene rings is 1. The molecule has 22 heavy (non-hydrogen) atoms. The number of hydrogen-bond acceptors (Lipinski definition) is 3. The number of aliphatic hydroxyl groups excluding tert-OH is 1. The van der Waals surface area contributed by atoms with E-state index in [-0.39, 0.29) is 24.8 Å². The van der Waals surface area contributed by atoms with Crippen molar-refractivity contribution in [2.75, 3.05) is 31.6 Å². The van der Waals surface area contributed by atoms with Gasteiger partial charge in [0, 0.05) is 22.3 Å². The first kappa shape index (κ1) is 17.0. The maximum absolute atomic E-state index is 12.2. The number of carbonyl (C=O) groups excluding carboxylic acids is 2. The number of carbonyl (C=O) groups is 2. The molecular weight excluding hydrogens is 329 g/mol. The Morgan fingerprint density at radius 2 is 2.05 bits per heavy atom. The van der Waals surface area contributed by atoms with Crippen LogP contribution in [0.15, 0.2) is 18.2 Å². The predicted molar refractivity (Wildman–Crippen MR) is 84.0 cm³/mol. The molecule has 2 rings (SSSR count). The van der Waals surface area contributed by atoms with E-state index in [2.05, 4.69) is 5.32 Å². The molecule has 120 valence electrons. The van der Waals surface area contributed by atoms with Gasteiger partial charge < -0.3 is 20.6 Å². The van der Waals surface area contributed by atoms with Gasteiger partial charge in [-0.1, -0.05) is 23.2 Å². The third kappa shape index (κ3) is 4.58. The number of nitrogens with zero attached hydrogens (tertiary/aromatic N) is 1. The normalized spacial score (nSPS) is 18.4. The van der Waals surface area contributed by atoms with Gasteiger partial charge in [-0.15, -0.1) is 0 Å². The van der Waals surface area contributed by atoms with Gasteiger partial charge in [0.2, 0.25) is 5.91 Å². The van der Waals surface area contributed by atoms with E-state index in [1.807, 2.05) is 5.32 Å². The molecule has 0 bridgehead atoms. The van der Waals surface area contributed by atoms with Crippen LogP contribution < -0.4 is 10.6 Å². The average molecular weight is 347 g/mol. The molecule has 0 radical (unpaired) electrons. The predicted octanol–water partition coefficient (Wildman–Crippen LogP) is 0.0885. The van der Waals surface area contributed by atoms with Gasteiger partial charge in [-0.3, -0.25) is 9.59 Å². The first-order valence-electron chi connectivity index (χ1n) is 6.98. The number of nitrogens with two attached hydrogens (primary N) is 1. The highest BCUT2D eigenvalue weighted by molar-refractivity contribution is 6.35. The van der Waals surface area contributed by atoms with Crippen LogP contribution in [0.2, 0.25) is 10.0 Å². The summed E-state index contributed by atoms with van der Waals surface area (Å²) in [4.78, 5) is 25.8. The molecule has 1 aromatic carbocycles. The molecule has 0 saturated carbocycles. The Morgan fingerprint density at radius 1 is 1.36 bits per heavy atom. The van der Waals surface area contributed by atoms with Crippen molar-refractivity contribution in [3.8, 4) is 0 Å². The maximum Gasteiger partial charge on any atom is 0.281 e. The molecule has 2 amide bonds. The average Bonchev–Trinajstić information content (AvgIpc) is 2.42. The molecule has 0 aromatic heterocycles. The molecule has 1 heterocycles. The van der Waals surface area contributed by atoms with E-state index in [4.69, 9.17) is 28.3 Å². The zero-order valence-electron chi connectivity index (χ0n) is 11.9. The number of amides is 2. The second-order valence-corrected chi connectivity index (χ2v) is 5.96. The molecule has 1 aromatic rings. The van der Waals surface area contributed by atoms with Crippen LogP contribution in [0.4, 0.5) is 5.69 Å². The Kier molecular flexibility index (Phi) is 6.02. The molecule has 0 spiro atoms. The first-order valence-corrected chi connectivity index (χ1v) is 7.74. The van der Waals surface area contributed by atoms with Crippen LogP contribution in [-0.4, -0.2) is 54.1 Å². The van der Waals surface area contributed by atoms with E-state index < -0.39 is 6.04 Å². The van der Waals surface area contributed by atoms with Crippen molar-refractivity contribution in [3.05, 3.63) is 28.2 Å². The lowest BCUT2D eigenvalue weighted by Crippen LogP contribution is -2.96. The Bertz CT molecular complexity index is 546. The summed E-state index contributed by atoms with van der Waals surface area (Å²) in [6.07, 6.45) is 0.0604. The molecule has 4 N–H and O–H groups in total. The Labute approximate surface area is 138 Å². The molecule has 1 aliphatic heterocycles. The summed E-state index contributed by atoms with van der Waals surface area (Å²) in [5.41, 5.74) is 0.498. The van der Waals surface area contributed by atoms with Crippen LogP contribution in [0.25, 0.3) is 0 Å². The van der Waals surface area contributed by atoms with Gasteiger partial charge in [0.1, 0.15) is 0 Å². The van der Waals surface area contributed by atoms with Gasteiger partial charge in [-0.25, -0.2) is 0 Å². The van der Waals surface area contributed by atoms with Gasteiger partial charge in [0.15, 0.2) is 6.04 Å². The van der Waals surface area contributed by atoms with E-state index in [1.54, 1.807) is 23.1 Å². The number of β-amino-alcohol motifs (C(OH)–C–C–N with tert-alkyl or cyclic N) is 1. The fourth-order valence-corrected chi connectivity index (χ4v) is 2.95. The summed E-state index contributed by atoms with van der Waals surface area (Å²) in [5.74, 6) is -0.404. The summed E-state index contributed by atoms with van der Waals surface area (Å²) >= 11 is 11.8. The number of aliphatic hydroxyl groups is 1. The fraction of sp³-hybridized carbons (Fsp3) is 0.429. The molecule has 8 heteroatoms. The molecule has 1 saturated heterocycles.